The van der Waals surface area contributed by atoms with Crippen molar-refractivity contribution in [2.24, 2.45) is 0 Å². The molecule has 0 bridgehead atoms. The molecule has 1 aromatic heterocycles. The fraction of sp³-hybridized carbons (Fsp3) is 0.448. The lowest BCUT2D eigenvalue weighted by Crippen LogP contribution is -2.35. The van der Waals surface area contributed by atoms with Gasteiger partial charge in [-0.1, -0.05) is 0 Å². The van der Waals surface area contributed by atoms with Crippen LogP contribution in [0.2, 0.25) is 0 Å². The highest BCUT2D eigenvalue weighted by Gasteiger charge is 2.23. The van der Waals surface area contributed by atoms with E-state index in [1.165, 1.54) is 30.4 Å². The molecule has 15 nitrogen and oxygen atoms in total. The Labute approximate surface area is 252 Å². The second-order valence-corrected chi connectivity index (χ2v) is 9.39. The molecule has 0 atom stereocenters. The average Bonchev–Trinajstić information content (AvgIpc) is 3.32. The SMILES string of the molecule is O=C(O)COc1ccc2cc(C(=O)NCCCOCCOCCOCCCNC(=O)CCN3C(=O)C=CC3=O)c(=O)oc2c1. The Morgan fingerprint density at radius 3 is 2.07 bits per heavy atom. The van der Waals surface area contributed by atoms with Gasteiger partial charge in [-0.25, -0.2) is 9.59 Å². The van der Waals surface area contributed by atoms with Gasteiger partial charge in [0, 0.05) is 62.9 Å². The van der Waals surface area contributed by atoms with Crippen LogP contribution < -0.4 is 21.0 Å². The smallest absolute Gasteiger partial charge is 0.349 e. The fourth-order valence-electron chi connectivity index (χ4n) is 3.85. The molecule has 1 aliphatic heterocycles. The molecule has 0 saturated carbocycles. The van der Waals surface area contributed by atoms with Gasteiger partial charge in [-0.05, 0) is 31.0 Å². The highest BCUT2D eigenvalue weighted by atomic mass is 16.5. The van der Waals surface area contributed by atoms with Crippen molar-refractivity contribution in [1.82, 2.24) is 15.5 Å². The number of hydrogen-bond donors (Lipinski definition) is 3. The van der Waals surface area contributed by atoms with Crippen molar-refractivity contribution in [1.29, 1.82) is 0 Å². The summed E-state index contributed by atoms with van der Waals surface area (Å²) in [7, 11) is 0. The second-order valence-electron chi connectivity index (χ2n) is 9.39. The third-order valence-electron chi connectivity index (χ3n) is 6.06. The first-order valence-corrected chi connectivity index (χ1v) is 14.0. The van der Waals surface area contributed by atoms with Crippen molar-refractivity contribution >= 4 is 40.6 Å². The first kappa shape index (κ1) is 33.9. The standard InChI is InChI=1S/C29H35N3O12/c33-24(7-10-32-25(34)5-6-26(32)35)30-8-1-11-40-13-15-42-16-14-41-12-2-9-31-28(38)22-17-20-3-4-21(43-19-27(36)37)18-23(20)44-29(22)39/h3-6,17-18H,1-2,7-16,19H2,(H,30,33)(H,31,38)(H,36,37). The lowest BCUT2D eigenvalue weighted by molar-refractivity contribution is -0.140. The number of amides is 4. The number of hydrogen-bond acceptors (Lipinski definition) is 11. The molecule has 0 unspecified atom stereocenters. The number of rotatable bonds is 21. The van der Waals surface area contributed by atoms with Crippen LogP contribution in [0.5, 0.6) is 5.75 Å². The van der Waals surface area contributed by atoms with Gasteiger partial charge in [0.15, 0.2) is 6.61 Å². The van der Waals surface area contributed by atoms with Crippen LogP contribution in [0.4, 0.5) is 0 Å². The first-order chi connectivity index (χ1) is 21.2. The number of carboxylic acids is 1. The van der Waals surface area contributed by atoms with E-state index in [0.717, 1.165) is 4.90 Å². The van der Waals surface area contributed by atoms with Gasteiger partial charge >= 0.3 is 11.6 Å². The summed E-state index contributed by atoms with van der Waals surface area (Å²) >= 11 is 0. The van der Waals surface area contributed by atoms with Crippen LogP contribution in [0.3, 0.4) is 0 Å². The Kier molecular flexibility index (Phi) is 14.0. The summed E-state index contributed by atoms with van der Waals surface area (Å²) in [5, 5.41) is 14.5. The van der Waals surface area contributed by atoms with Crippen LogP contribution >= 0.6 is 0 Å². The molecule has 1 aliphatic rings. The largest absolute Gasteiger partial charge is 0.482 e. The Hall–Kier alpha value is -4.60. The number of nitrogens with one attached hydrogen (secondary N) is 2. The van der Waals surface area contributed by atoms with E-state index in [1.807, 2.05) is 0 Å². The molecule has 4 amide bonds. The predicted molar refractivity (Wildman–Crippen MR) is 153 cm³/mol. The monoisotopic (exact) mass is 617 g/mol. The van der Waals surface area contributed by atoms with E-state index < -0.39 is 35.9 Å². The third kappa shape index (κ3) is 11.6. The van der Waals surface area contributed by atoms with Crippen LogP contribution in [0.15, 0.2) is 45.6 Å². The highest BCUT2D eigenvalue weighted by molar-refractivity contribution is 6.13. The number of carbonyl (C=O) groups is 5. The van der Waals surface area contributed by atoms with E-state index in [1.54, 1.807) is 6.07 Å². The summed E-state index contributed by atoms with van der Waals surface area (Å²) in [4.78, 5) is 71.0. The maximum Gasteiger partial charge on any atom is 0.349 e. The van der Waals surface area contributed by atoms with Crippen molar-refractivity contribution in [2.45, 2.75) is 19.3 Å². The third-order valence-corrected chi connectivity index (χ3v) is 6.06. The number of benzene rings is 1. The number of imide groups is 1. The normalized spacial score (nSPS) is 12.6. The van der Waals surface area contributed by atoms with E-state index in [0.29, 0.717) is 64.4 Å². The average molecular weight is 618 g/mol. The van der Waals surface area contributed by atoms with Gasteiger partial charge < -0.3 is 39.1 Å². The number of nitrogens with zero attached hydrogens (tertiary/aromatic N) is 1. The van der Waals surface area contributed by atoms with Crippen molar-refractivity contribution in [3.8, 4) is 5.75 Å². The van der Waals surface area contributed by atoms with Gasteiger partial charge in [0.25, 0.3) is 17.7 Å². The molecule has 15 heteroatoms. The molecule has 1 aromatic carbocycles. The lowest BCUT2D eigenvalue weighted by Gasteiger charge is -2.13. The molecule has 2 aromatic rings. The van der Waals surface area contributed by atoms with Crippen molar-refractivity contribution < 1.29 is 52.4 Å². The van der Waals surface area contributed by atoms with E-state index in [4.69, 9.17) is 28.5 Å². The molecule has 44 heavy (non-hydrogen) atoms. The lowest BCUT2D eigenvalue weighted by atomic mass is 10.1. The number of carbonyl (C=O) groups excluding carboxylic acids is 4. The Morgan fingerprint density at radius 2 is 1.43 bits per heavy atom. The molecule has 3 N–H and O–H groups in total. The number of fused-ring (bicyclic) bond motifs is 1. The van der Waals surface area contributed by atoms with Crippen LogP contribution in [0.1, 0.15) is 29.6 Å². The molecular formula is C29H35N3O12. The van der Waals surface area contributed by atoms with Crippen LogP contribution in [-0.4, -0.2) is 105 Å². The van der Waals surface area contributed by atoms with Gasteiger partial charge in [0.05, 0.1) is 26.4 Å². The van der Waals surface area contributed by atoms with Gasteiger partial charge in [-0.15, -0.1) is 0 Å². The summed E-state index contributed by atoms with van der Waals surface area (Å²) in [6.07, 6.45) is 3.53. The summed E-state index contributed by atoms with van der Waals surface area (Å²) in [6, 6.07) is 5.86. The molecule has 0 spiro atoms. The van der Waals surface area contributed by atoms with E-state index in [9.17, 15) is 28.8 Å². The van der Waals surface area contributed by atoms with Gasteiger partial charge in [0.2, 0.25) is 5.91 Å². The topological polar surface area (TPSA) is 200 Å². The molecular weight excluding hydrogens is 582 g/mol. The maximum absolute atomic E-state index is 12.4. The van der Waals surface area contributed by atoms with Crippen LogP contribution in [0.25, 0.3) is 11.0 Å². The summed E-state index contributed by atoms with van der Waals surface area (Å²) in [5.41, 5.74) is -0.807. The molecule has 2 heterocycles. The summed E-state index contributed by atoms with van der Waals surface area (Å²) in [6.45, 7) is 2.50. The summed E-state index contributed by atoms with van der Waals surface area (Å²) < 4.78 is 26.6. The minimum Gasteiger partial charge on any atom is -0.482 e. The van der Waals surface area contributed by atoms with Gasteiger partial charge in [-0.2, -0.15) is 0 Å². The molecule has 3 rings (SSSR count). The molecule has 238 valence electrons. The van der Waals surface area contributed by atoms with Gasteiger partial charge in [0.1, 0.15) is 16.9 Å². The van der Waals surface area contributed by atoms with Gasteiger partial charge in [-0.3, -0.25) is 24.1 Å². The number of aliphatic carboxylic acids is 1. The maximum atomic E-state index is 12.4. The molecule has 0 aliphatic carbocycles. The molecule has 0 saturated heterocycles. The highest BCUT2D eigenvalue weighted by Crippen LogP contribution is 2.20. The number of carboxylic acid groups (broad SMARTS) is 1. The summed E-state index contributed by atoms with van der Waals surface area (Å²) in [5.74, 6) is -2.56. The number of ether oxygens (including phenoxy) is 4. The Morgan fingerprint density at radius 1 is 0.818 bits per heavy atom. The quantitative estimate of drug-likeness (QED) is 0.0981. The van der Waals surface area contributed by atoms with E-state index in [-0.39, 0.29) is 42.3 Å². The van der Waals surface area contributed by atoms with Crippen molar-refractivity contribution in [3.63, 3.8) is 0 Å². The Bertz CT molecular complexity index is 1390. The fourth-order valence-corrected chi connectivity index (χ4v) is 3.85. The second kappa shape index (κ2) is 18.1. The zero-order valence-electron chi connectivity index (χ0n) is 24.0. The minimum atomic E-state index is -1.14. The van der Waals surface area contributed by atoms with Crippen molar-refractivity contribution in [2.75, 3.05) is 65.9 Å². The van der Waals surface area contributed by atoms with Crippen molar-refractivity contribution in [3.05, 3.63) is 52.4 Å². The first-order valence-electron chi connectivity index (χ1n) is 14.0. The predicted octanol–water partition coefficient (Wildman–Crippen LogP) is 0.248. The molecule has 0 radical (unpaired) electrons. The zero-order chi connectivity index (χ0) is 31.7. The minimum absolute atomic E-state index is 0.0486. The van der Waals surface area contributed by atoms with Crippen LogP contribution in [-0.2, 0) is 33.4 Å². The van der Waals surface area contributed by atoms with Crippen LogP contribution in [0, 0.1) is 0 Å². The van der Waals surface area contributed by atoms with E-state index >= 15 is 0 Å². The Balaban J connectivity index is 1.14. The molecule has 0 fully saturated rings. The zero-order valence-corrected chi connectivity index (χ0v) is 24.0. The van der Waals surface area contributed by atoms with E-state index in [2.05, 4.69) is 10.6 Å².